The highest BCUT2D eigenvalue weighted by Crippen LogP contribution is 2.17. The molecule has 1 aromatic rings. The first-order valence-corrected chi connectivity index (χ1v) is 7.44. The average Bonchev–Trinajstić information content (AvgIpc) is 2.55. The summed E-state index contributed by atoms with van der Waals surface area (Å²) >= 11 is 0. The van der Waals surface area contributed by atoms with Crippen molar-refractivity contribution in [2.75, 3.05) is 26.8 Å². The van der Waals surface area contributed by atoms with Crippen molar-refractivity contribution < 1.29 is 19.1 Å². The maximum absolute atomic E-state index is 12.0. The number of primary amides is 1. The van der Waals surface area contributed by atoms with Crippen LogP contribution in [0.25, 0.3) is 0 Å². The molecule has 1 fully saturated rings. The van der Waals surface area contributed by atoms with Crippen LogP contribution in [0.1, 0.15) is 18.4 Å². The molecule has 0 spiro atoms. The zero-order valence-corrected chi connectivity index (χ0v) is 12.8. The Morgan fingerprint density at radius 1 is 1.32 bits per heavy atom. The van der Waals surface area contributed by atoms with Gasteiger partial charge < -0.3 is 20.1 Å². The Hall–Kier alpha value is -2.24. The SMILES string of the molecule is COc1cccc(CCOC(=O)N2CCC(C(N)=O)CC2)c1. The maximum atomic E-state index is 12.0. The molecule has 0 aromatic heterocycles. The summed E-state index contributed by atoms with van der Waals surface area (Å²) in [5.74, 6) is 0.379. The number of rotatable bonds is 5. The summed E-state index contributed by atoms with van der Waals surface area (Å²) in [5.41, 5.74) is 6.33. The molecule has 6 heteroatoms. The van der Waals surface area contributed by atoms with Crippen LogP contribution in [0.2, 0.25) is 0 Å². The Bertz CT molecular complexity index is 525. The number of hydrogen-bond donors (Lipinski definition) is 1. The lowest BCUT2D eigenvalue weighted by atomic mass is 9.97. The van der Waals surface area contributed by atoms with Crippen molar-refractivity contribution >= 4 is 12.0 Å². The minimum Gasteiger partial charge on any atom is -0.497 e. The van der Waals surface area contributed by atoms with E-state index >= 15 is 0 Å². The summed E-state index contributed by atoms with van der Waals surface area (Å²) in [5, 5.41) is 0. The number of nitrogens with two attached hydrogens (primary N) is 1. The van der Waals surface area contributed by atoms with Crippen molar-refractivity contribution in [1.82, 2.24) is 4.90 Å². The number of carbonyl (C=O) groups excluding carboxylic acids is 2. The zero-order valence-electron chi connectivity index (χ0n) is 12.8. The number of ether oxygens (including phenoxy) is 2. The number of hydrogen-bond acceptors (Lipinski definition) is 4. The molecule has 1 aromatic carbocycles. The van der Waals surface area contributed by atoms with Crippen LogP contribution in [-0.2, 0) is 16.0 Å². The highest BCUT2D eigenvalue weighted by atomic mass is 16.6. The van der Waals surface area contributed by atoms with E-state index < -0.39 is 0 Å². The van der Waals surface area contributed by atoms with Crippen LogP contribution in [0.15, 0.2) is 24.3 Å². The first kappa shape index (κ1) is 16.1. The fourth-order valence-electron chi connectivity index (χ4n) is 2.52. The minimum absolute atomic E-state index is 0.124. The molecule has 2 amide bonds. The summed E-state index contributed by atoms with van der Waals surface area (Å²) in [6, 6.07) is 7.67. The van der Waals surface area contributed by atoms with Crippen molar-refractivity contribution in [3.8, 4) is 5.75 Å². The number of carbonyl (C=O) groups is 2. The van der Waals surface area contributed by atoms with Crippen molar-refractivity contribution in [1.29, 1.82) is 0 Å². The van der Waals surface area contributed by atoms with E-state index in [1.54, 1.807) is 12.0 Å². The Morgan fingerprint density at radius 2 is 2.05 bits per heavy atom. The van der Waals surface area contributed by atoms with Gasteiger partial charge in [-0.05, 0) is 30.5 Å². The first-order chi connectivity index (χ1) is 10.6. The summed E-state index contributed by atoms with van der Waals surface area (Å²) in [6.45, 7) is 1.36. The molecule has 1 heterocycles. The van der Waals surface area contributed by atoms with Gasteiger partial charge in [0.05, 0.1) is 13.7 Å². The van der Waals surface area contributed by atoms with Crippen LogP contribution in [-0.4, -0.2) is 43.7 Å². The van der Waals surface area contributed by atoms with Gasteiger partial charge in [-0.1, -0.05) is 12.1 Å². The number of piperidine rings is 1. The molecule has 1 aliphatic heterocycles. The summed E-state index contributed by atoms with van der Waals surface area (Å²) in [6.07, 6.45) is 1.53. The highest BCUT2D eigenvalue weighted by molar-refractivity contribution is 5.77. The standard InChI is InChI=1S/C16H22N2O4/c1-21-14-4-2-3-12(11-14)7-10-22-16(20)18-8-5-13(6-9-18)15(17)19/h2-4,11,13H,5-10H2,1H3,(H2,17,19). The third-order valence-electron chi connectivity index (χ3n) is 3.91. The second kappa shape index (κ2) is 7.68. The molecular formula is C16H22N2O4. The molecule has 0 bridgehead atoms. The van der Waals surface area contributed by atoms with E-state index in [2.05, 4.69) is 0 Å². The van der Waals surface area contributed by atoms with E-state index in [0.717, 1.165) is 11.3 Å². The molecular weight excluding hydrogens is 284 g/mol. The molecule has 0 radical (unpaired) electrons. The normalized spacial score (nSPS) is 15.4. The third kappa shape index (κ3) is 4.38. The van der Waals surface area contributed by atoms with Gasteiger partial charge in [-0.15, -0.1) is 0 Å². The van der Waals surface area contributed by atoms with Gasteiger partial charge in [-0.2, -0.15) is 0 Å². The monoisotopic (exact) mass is 306 g/mol. The van der Waals surface area contributed by atoms with Crippen molar-refractivity contribution in [3.05, 3.63) is 29.8 Å². The van der Waals surface area contributed by atoms with Gasteiger partial charge in [0.15, 0.2) is 0 Å². The molecule has 1 aliphatic rings. The predicted molar refractivity (Wildman–Crippen MR) is 81.5 cm³/mol. The molecule has 22 heavy (non-hydrogen) atoms. The number of nitrogens with zero attached hydrogens (tertiary/aromatic N) is 1. The van der Waals surface area contributed by atoms with Crippen LogP contribution >= 0.6 is 0 Å². The van der Waals surface area contributed by atoms with Crippen molar-refractivity contribution in [2.24, 2.45) is 11.7 Å². The van der Waals surface area contributed by atoms with Gasteiger partial charge in [-0.25, -0.2) is 4.79 Å². The maximum Gasteiger partial charge on any atom is 0.409 e. The van der Waals surface area contributed by atoms with Gasteiger partial charge >= 0.3 is 6.09 Å². The van der Waals surface area contributed by atoms with Gasteiger partial charge in [0.1, 0.15) is 5.75 Å². The molecule has 6 nitrogen and oxygen atoms in total. The lowest BCUT2D eigenvalue weighted by Crippen LogP contribution is -2.42. The van der Waals surface area contributed by atoms with Crippen LogP contribution in [0.3, 0.4) is 0 Å². The predicted octanol–water partition coefficient (Wildman–Crippen LogP) is 1.57. The molecule has 120 valence electrons. The molecule has 0 unspecified atom stereocenters. The number of likely N-dealkylation sites (tertiary alicyclic amines) is 1. The average molecular weight is 306 g/mol. The summed E-state index contributed by atoms with van der Waals surface area (Å²) in [7, 11) is 1.62. The van der Waals surface area contributed by atoms with E-state index in [1.807, 2.05) is 24.3 Å². The van der Waals surface area contributed by atoms with E-state index in [1.165, 1.54) is 0 Å². The summed E-state index contributed by atoms with van der Waals surface area (Å²) < 4.78 is 10.4. The third-order valence-corrected chi connectivity index (χ3v) is 3.91. The Labute approximate surface area is 130 Å². The van der Waals surface area contributed by atoms with E-state index in [0.29, 0.717) is 39.0 Å². The molecule has 2 rings (SSSR count). The van der Waals surface area contributed by atoms with Gasteiger partial charge in [-0.3, -0.25) is 4.79 Å². The van der Waals surface area contributed by atoms with Crippen LogP contribution in [0, 0.1) is 5.92 Å². The number of amides is 2. The first-order valence-electron chi connectivity index (χ1n) is 7.44. The fraction of sp³-hybridized carbons (Fsp3) is 0.500. The fourth-order valence-corrected chi connectivity index (χ4v) is 2.52. The number of benzene rings is 1. The molecule has 1 saturated heterocycles. The quantitative estimate of drug-likeness (QED) is 0.895. The second-order valence-corrected chi connectivity index (χ2v) is 5.38. The Balaban J connectivity index is 1.73. The van der Waals surface area contributed by atoms with Crippen LogP contribution in [0.4, 0.5) is 4.79 Å². The minimum atomic E-state index is -0.328. The lowest BCUT2D eigenvalue weighted by Gasteiger charge is -2.29. The number of methoxy groups -OCH3 is 1. The van der Waals surface area contributed by atoms with Crippen molar-refractivity contribution in [3.63, 3.8) is 0 Å². The molecule has 2 N–H and O–H groups in total. The topological polar surface area (TPSA) is 81.9 Å². The van der Waals surface area contributed by atoms with Crippen LogP contribution in [0.5, 0.6) is 5.75 Å². The van der Waals surface area contributed by atoms with E-state index in [9.17, 15) is 9.59 Å². The van der Waals surface area contributed by atoms with Gasteiger partial charge in [0.25, 0.3) is 0 Å². The molecule has 0 atom stereocenters. The Morgan fingerprint density at radius 3 is 2.68 bits per heavy atom. The van der Waals surface area contributed by atoms with E-state index in [4.69, 9.17) is 15.2 Å². The van der Waals surface area contributed by atoms with E-state index in [-0.39, 0.29) is 17.9 Å². The van der Waals surface area contributed by atoms with Crippen LogP contribution < -0.4 is 10.5 Å². The van der Waals surface area contributed by atoms with Gasteiger partial charge in [0, 0.05) is 25.4 Å². The smallest absolute Gasteiger partial charge is 0.409 e. The zero-order chi connectivity index (χ0) is 15.9. The lowest BCUT2D eigenvalue weighted by molar-refractivity contribution is -0.123. The largest absolute Gasteiger partial charge is 0.497 e. The van der Waals surface area contributed by atoms with Crippen molar-refractivity contribution in [2.45, 2.75) is 19.3 Å². The molecule has 0 aliphatic carbocycles. The van der Waals surface area contributed by atoms with Gasteiger partial charge in [0.2, 0.25) is 5.91 Å². The Kier molecular flexibility index (Phi) is 5.63. The molecule has 0 saturated carbocycles. The summed E-state index contributed by atoms with van der Waals surface area (Å²) in [4.78, 5) is 24.7. The second-order valence-electron chi connectivity index (χ2n) is 5.38. The highest BCUT2D eigenvalue weighted by Gasteiger charge is 2.26.